The zero-order valence-electron chi connectivity index (χ0n) is 11.1. The van der Waals surface area contributed by atoms with Gasteiger partial charge in [0.1, 0.15) is 5.75 Å². The summed E-state index contributed by atoms with van der Waals surface area (Å²) in [7, 11) is -0.0624. The number of ether oxygens (including phenoxy) is 1. The van der Waals surface area contributed by atoms with E-state index >= 15 is 0 Å². The van der Waals surface area contributed by atoms with Gasteiger partial charge in [-0.05, 0) is 38.2 Å². The Morgan fingerprint density at radius 3 is 2.74 bits per heavy atom. The predicted octanol–water partition coefficient (Wildman–Crippen LogP) is 0.260. The van der Waals surface area contributed by atoms with Crippen molar-refractivity contribution in [2.75, 3.05) is 33.0 Å². The van der Waals surface area contributed by atoms with Gasteiger partial charge in [-0.1, -0.05) is 0 Å². The Kier molecular flexibility index (Phi) is 3.98. The molecule has 1 aromatic carbocycles. The number of likely N-dealkylation sites (N-methyl/N-ethyl adjacent to an activating group) is 1. The van der Waals surface area contributed by atoms with Crippen LogP contribution in [0.4, 0.5) is 5.69 Å². The molecule has 106 valence electrons. The molecule has 1 heterocycles. The predicted molar refractivity (Wildman–Crippen MR) is 73.6 cm³/mol. The Morgan fingerprint density at radius 1 is 1.47 bits per heavy atom. The van der Waals surface area contributed by atoms with Crippen LogP contribution < -0.4 is 15.2 Å². The molecule has 19 heavy (non-hydrogen) atoms. The van der Waals surface area contributed by atoms with Crippen LogP contribution in [0.1, 0.15) is 6.42 Å². The molecule has 0 bridgehead atoms. The highest BCUT2D eigenvalue weighted by molar-refractivity contribution is 7.89. The van der Waals surface area contributed by atoms with Crippen molar-refractivity contribution in [3.8, 4) is 5.75 Å². The topological polar surface area (TPSA) is 84.7 Å². The number of sulfonamides is 1. The number of nitrogens with two attached hydrogens (primary N) is 1. The van der Waals surface area contributed by atoms with Crippen LogP contribution in [-0.2, 0) is 10.0 Å². The second-order valence-electron chi connectivity index (χ2n) is 4.77. The molecule has 2 rings (SSSR count). The quantitative estimate of drug-likeness (QED) is 0.775. The largest absolute Gasteiger partial charge is 0.495 e. The molecule has 6 nitrogen and oxygen atoms in total. The summed E-state index contributed by atoms with van der Waals surface area (Å²) < 4.78 is 32.2. The minimum Gasteiger partial charge on any atom is -0.495 e. The molecule has 1 aliphatic heterocycles. The fourth-order valence-corrected chi connectivity index (χ4v) is 3.49. The first kappa shape index (κ1) is 14.1. The molecule has 0 aliphatic carbocycles. The maximum Gasteiger partial charge on any atom is 0.240 e. The van der Waals surface area contributed by atoms with Crippen molar-refractivity contribution in [2.24, 2.45) is 0 Å². The third kappa shape index (κ3) is 3.17. The fourth-order valence-electron chi connectivity index (χ4n) is 2.20. The molecule has 0 spiro atoms. The van der Waals surface area contributed by atoms with E-state index in [1.54, 1.807) is 6.07 Å². The molecule has 0 saturated carbocycles. The number of anilines is 1. The van der Waals surface area contributed by atoms with Crippen LogP contribution >= 0.6 is 0 Å². The van der Waals surface area contributed by atoms with Gasteiger partial charge in [0.15, 0.2) is 0 Å². The number of rotatable bonds is 4. The summed E-state index contributed by atoms with van der Waals surface area (Å²) in [6, 6.07) is 4.43. The second kappa shape index (κ2) is 5.36. The number of nitrogen functional groups attached to an aromatic ring is 1. The van der Waals surface area contributed by atoms with Crippen LogP contribution in [0.3, 0.4) is 0 Å². The van der Waals surface area contributed by atoms with Crippen LogP contribution in [0, 0.1) is 0 Å². The Hall–Kier alpha value is -1.31. The maximum atomic E-state index is 12.2. The van der Waals surface area contributed by atoms with Crippen LogP contribution in [0.15, 0.2) is 23.1 Å². The Balaban J connectivity index is 2.17. The number of hydrogen-bond acceptors (Lipinski definition) is 5. The zero-order valence-corrected chi connectivity index (χ0v) is 11.9. The fraction of sp³-hybridized carbons (Fsp3) is 0.500. The standard InChI is InChI=1S/C12H19N3O3S/c1-15-6-5-9(8-15)14-19(16,17)10-3-4-12(18-2)11(13)7-10/h3-4,7,9,14H,5-6,8,13H2,1-2H3. The van der Waals surface area contributed by atoms with Crippen molar-refractivity contribution in [3.63, 3.8) is 0 Å². The molecule has 3 N–H and O–H groups in total. The van der Waals surface area contributed by atoms with Crippen LogP contribution in [0.5, 0.6) is 5.75 Å². The van der Waals surface area contributed by atoms with Crippen LogP contribution in [0.2, 0.25) is 0 Å². The van der Waals surface area contributed by atoms with Crippen molar-refractivity contribution >= 4 is 15.7 Å². The third-order valence-corrected chi connectivity index (χ3v) is 4.74. The summed E-state index contributed by atoms with van der Waals surface area (Å²) in [5.41, 5.74) is 6.05. The average Bonchev–Trinajstić information content (AvgIpc) is 2.73. The normalized spacial score (nSPS) is 20.6. The molecule has 0 aromatic heterocycles. The second-order valence-corrected chi connectivity index (χ2v) is 6.49. The number of methoxy groups -OCH3 is 1. The first-order valence-corrected chi connectivity index (χ1v) is 7.55. The lowest BCUT2D eigenvalue weighted by molar-refractivity contribution is 0.407. The third-order valence-electron chi connectivity index (χ3n) is 3.22. The maximum absolute atomic E-state index is 12.2. The van der Waals surface area contributed by atoms with E-state index in [1.807, 2.05) is 7.05 Å². The lowest BCUT2D eigenvalue weighted by atomic mass is 10.3. The van der Waals surface area contributed by atoms with Gasteiger partial charge in [-0.3, -0.25) is 0 Å². The smallest absolute Gasteiger partial charge is 0.240 e. The van der Waals surface area contributed by atoms with Gasteiger partial charge in [0.2, 0.25) is 10.0 Å². The zero-order chi connectivity index (χ0) is 14.0. The van der Waals surface area contributed by atoms with E-state index in [9.17, 15) is 8.42 Å². The van der Waals surface area contributed by atoms with E-state index in [4.69, 9.17) is 10.5 Å². The van der Waals surface area contributed by atoms with Gasteiger partial charge >= 0.3 is 0 Å². The van der Waals surface area contributed by atoms with E-state index in [-0.39, 0.29) is 10.9 Å². The van der Waals surface area contributed by atoms with Crippen molar-refractivity contribution in [3.05, 3.63) is 18.2 Å². The highest BCUT2D eigenvalue weighted by Gasteiger charge is 2.25. The molecule has 1 unspecified atom stereocenters. The molecule has 7 heteroatoms. The van der Waals surface area contributed by atoms with Crippen LogP contribution in [0.25, 0.3) is 0 Å². The van der Waals surface area contributed by atoms with Crippen molar-refractivity contribution < 1.29 is 13.2 Å². The molecule has 1 aliphatic rings. The molecule has 1 fully saturated rings. The van der Waals surface area contributed by atoms with Gasteiger partial charge in [0, 0.05) is 12.6 Å². The summed E-state index contributed by atoms with van der Waals surface area (Å²) in [4.78, 5) is 2.26. The van der Waals surface area contributed by atoms with E-state index < -0.39 is 10.0 Å². The van der Waals surface area contributed by atoms with Gasteiger partial charge in [0.25, 0.3) is 0 Å². The van der Waals surface area contributed by atoms with Gasteiger partial charge < -0.3 is 15.4 Å². The van der Waals surface area contributed by atoms with E-state index in [0.717, 1.165) is 19.5 Å². The molecule has 1 saturated heterocycles. The summed E-state index contributed by atoms with van der Waals surface area (Å²) in [6.45, 7) is 1.63. The highest BCUT2D eigenvalue weighted by Crippen LogP contribution is 2.24. The number of hydrogen-bond donors (Lipinski definition) is 2. The van der Waals surface area contributed by atoms with Gasteiger partial charge in [-0.25, -0.2) is 13.1 Å². The first-order valence-electron chi connectivity index (χ1n) is 6.07. The monoisotopic (exact) mass is 285 g/mol. The number of benzene rings is 1. The Morgan fingerprint density at radius 2 is 2.21 bits per heavy atom. The molecule has 0 amide bonds. The lowest BCUT2D eigenvalue weighted by Crippen LogP contribution is -2.36. The molecule has 0 radical (unpaired) electrons. The van der Waals surface area contributed by atoms with E-state index in [1.165, 1.54) is 19.2 Å². The minimum atomic E-state index is -3.53. The molecular formula is C12H19N3O3S. The Labute approximate surface area is 113 Å². The first-order chi connectivity index (χ1) is 8.92. The van der Waals surface area contributed by atoms with Crippen LogP contribution in [-0.4, -0.2) is 46.6 Å². The number of likely N-dealkylation sites (tertiary alicyclic amines) is 1. The number of nitrogens with zero attached hydrogens (tertiary/aromatic N) is 1. The van der Waals surface area contributed by atoms with Crippen molar-refractivity contribution in [1.82, 2.24) is 9.62 Å². The van der Waals surface area contributed by atoms with E-state index in [2.05, 4.69) is 9.62 Å². The van der Waals surface area contributed by atoms with Gasteiger partial charge in [0.05, 0.1) is 17.7 Å². The number of nitrogens with one attached hydrogen (secondary N) is 1. The van der Waals surface area contributed by atoms with E-state index in [0.29, 0.717) is 11.4 Å². The summed E-state index contributed by atoms with van der Waals surface area (Å²) in [5.74, 6) is 0.472. The SMILES string of the molecule is COc1ccc(S(=O)(=O)NC2CCN(C)C2)cc1N. The minimum absolute atomic E-state index is 0.0432. The summed E-state index contributed by atoms with van der Waals surface area (Å²) in [5, 5.41) is 0. The van der Waals surface area contributed by atoms with Crippen molar-refractivity contribution in [1.29, 1.82) is 0 Å². The summed E-state index contributed by atoms with van der Waals surface area (Å²) >= 11 is 0. The lowest BCUT2D eigenvalue weighted by Gasteiger charge is -2.14. The van der Waals surface area contributed by atoms with Gasteiger partial charge in [-0.15, -0.1) is 0 Å². The van der Waals surface area contributed by atoms with Gasteiger partial charge in [-0.2, -0.15) is 0 Å². The molecular weight excluding hydrogens is 266 g/mol. The highest BCUT2D eigenvalue weighted by atomic mass is 32.2. The average molecular weight is 285 g/mol. The molecule has 1 aromatic rings. The molecule has 1 atom stereocenters. The summed E-state index contributed by atoms with van der Waals surface area (Å²) in [6.07, 6.45) is 0.821. The Bertz CT molecular complexity index is 559. The van der Waals surface area contributed by atoms with Crippen molar-refractivity contribution in [2.45, 2.75) is 17.4 Å².